The van der Waals surface area contributed by atoms with E-state index in [1.807, 2.05) is 42.5 Å². The first-order valence-corrected chi connectivity index (χ1v) is 10.00. The Labute approximate surface area is 166 Å². The van der Waals surface area contributed by atoms with Crippen LogP contribution in [0, 0.1) is 0 Å². The van der Waals surface area contributed by atoms with Crippen molar-refractivity contribution in [1.29, 1.82) is 0 Å². The first-order valence-electron chi connectivity index (χ1n) is 9.01. The predicted molar refractivity (Wildman–Crippen MR) is 112 cm³/mol. The normalized spacial score (nSPS) is 10.9. The summed E-state index contributed by atoms with van der Waals surface area (Å²) in [5.74, 6) is 0.810. The van der Waals surface area contributed by atoms with E-state index >= 15 is 0 Å². The van der Waals surface area contributed by atoms with Crippen molar-refractivity contribution in [2.45, 2.75) is 18.5 Å². The summed E-state index contributed by atoms with van der Waals surface area (Å²) < 4.78 is 0. The molecule has 2 N–H and O–H groups in total. The van der Waals surface area contributed by atoms with E-state index in [0.29, 0.717) is 16.7 Å². The molecule has 4 aromatic rings. The highest BCUT2D eigenvalue weighted by Crippen LogP contribution is 2.22. The van der Waals surface area contributed by atoms with Gasteiger partial charge in [-0.1, -0.05) is 61.2 Å². The third-order valence-corrected chi connectivity index (χ3v) is 5.21. The molecule has 0 atom stereocenters. The number of nitrogens with zero attached hydrogens (tertiary/aromatic N) is 3. The molecule has 0 aliphatic heterocycles. The molecule has 0 spiro atoms. The third kappa shape index (κ3) is 4.04. The number of aryl methyl sites for hydroxylation is 1. The summed E-state index contributed by atoms with van der Waals surface area (Å²) in [6.07, 6.45) is 2.72. The van der Waals surface area contributed by atoms with E-state index in [1.165, 1.54) is 17.3 Å². The fourth-order valence-electron chi connectivity index (χ4n) is 2.87. The van der Waals surface area contributed by atoms with Gasteiger partial charge in [-0.2, -0.15) is 0 Å². The predicted octanol–water partition coefficient (Wildman–Crippen LogP) is 4.31. The van der Waals surface area contributed by atoms with Crippen molar-refractivity contribution >= 4 is 34.3 Å². The number of hydrogen-bond donors (Lipinski definition) is 2. The number of fused-ring (bicyclic) bond motifs is 1. The van der Waals surface area contributed by atoms with Crippen LogP contribution in [0.5, 0.6) is 0 Å². The molecule has 0 saturated carbocycles. The molecule has 0 fully saturated rings. The van der Waals surface area contributed by atoms with E-state index < -0.39 is 0 Å². The molecule has 2 aromatic heterocycles. The summed E-state index contributed by atoms with van der Waals surface area (Å²) in [4.78, 5) is 19.9. The number of thioether (sulfide) groups is 1. The number of amides is 1. The van der Waals surface area contributed by atoms with Gasteiger partial charge in [0.05, 0.1) is 17.0 Å². The lowest BCUT2D eigenvalue weighted by Gasteiger charge is -2.07. The SMILES string of the molecule is CCc1ccc(-c2nnc(SCC(=O)Nc3cccc4cccnc34)[nH]2)cc1. The average molecular weight is 389 g/mol. The second kappa shape index (κ2) is 8.22. The van der Waals surface area contributed by atoms with Crippen molar-refractivity contribution in [3.05, 3.63) is 66.4 Å². The summed E-state index contributed by atoms with van der Waals surface area (Å²) >= 11 is 1.31. The van der Waals surface area contributed by atoms with Crippen LogP contribution < -0.4 is 5.32 Å². The molecule has 0 aliphatic rings. The number of carbonyl (C=O) groups excluding carboxylic acids is 1. The first-order chi connectivity index (χ1) is 13.7. The van der Waals surface area contributed by atoms with Gasteiger partial charge in [-0.25, -0.2) is 0 Å². The van der Waals surface area contributed by atoms with Gasteiger partial charge >= 0.3 is 0 Å². The van der Waals surface area contributed by atoms with Gasteiger partial charge in [-0.3, -0.25) is 9.78 Å². The lowest BCUT2D eigenvalue weighted by Crippen LogP contribution is -2.14. The minimum absolute atomic E-state index is 0.117. The van der Waals surface area contributed by atoms with Crippen molar-refractivity contribution < 1.29 is 4.79 Å². The van der Waals surface area contributed by atoms with E-state index in [9.17, 15) is 4.79 Å². The van der Waals surface area contributed by atoms with Gasteiger partial charge < -0.3 is 10.3 Å². The number of H-pyrrole nitrogens is 1. The molecule has 6 nitrogen and oxygen atoms in total. The van der Waals surface area contributed by atoms with E-state index in [2.05, 4.69) is 44.5 Å². The van der Waals surface area contributed by atoms with Crippen molar-refractivity contribution in [3.63, 3.8) is 0 Å². The Morgan fingerprint density at radius 3 is 2.71 bits per heavy atom. The maximum atomic E-state index is 12.4. The number of anilines is 1. The number of nitrogens with one attached hydrogen (secondary N) is 2. The molecule has 2 aromatic carbocycles. The number of aromatic nitrogens is 4. The van der Waals surface area contributed by atoms with Gasteiger partial charge in [0, 0.05) is 17.1 Å². The van der Waals surface area contributed by atoms with Crippen LogP contribution in [-0.4, -0.2) is 31.8 Å². The Kier molecular flexibility index (Phi) is 5.34. The molecule has 0 saturated heterocycles. The Morgan fingerprint density at radius 1 is 1.07 bits per heavy atom. The largest absolute Gasteiger partial charge is 0.323 e. The van der Waals surface area contributed by atoms with Gasteiger partial charge in [-0.05, 0) is 24.1 Å². The van der Waals surface area contributed by atoms with Gasteiger partial charge in [0.25, 0.3) is 0 Å². The highest BCUT2D eigenvalue weighted by atomic mass is 32.2. The number of benzene rings is 2. The third-order valence-electron chi connectivity index (χ3n) is 4.35. The van der Waals surface area contributed by atoms with Crippen LogP contribution in [0.15, 0.2) is 66.0 Å². The van der Waals surface area contributed by atoms with Gasteiger partial charge in [-0.15, -0.1) is 10.2 Å². The van der Waals surface area contributed by atoms with Crippen LogP contribution in [0.25, 0.3) is 22.3 Å². The maximum Gasteiger partial charge on any atom is 0.234 e. The van der Waals surface area contributed by atoms with Crippen LogP contribution in [-0.2, 0) is 11.2 Å². The van der Waals surface area contributed by atoms with E-state index in [4.69, 9.17) is 0 Å². The second-order valence-electron chi connectivity index (χ2n) is 6.25. The number of carbonyl (C=O) groups is 1. The standard InChI is InChI=1S/C21H19N5OS/c1-2-14-8-10-16(11-9-14)20-24-21(26-25-20)28-13-18(27)23-17-7-3-5-15-6-4-12-22-19(15)17/h3-12H,2,13H2,1H3,(H,23,27)(H,24,25,26). The van der Waals surface area contributed by atoms with Crippen molar-refractivity contribution in [2.75, 3.05) is 11.1 Å². The Balaban J connectivity index is 1.39. The molecule has 140 valence electrons. The molecule has 7 heteroatoms. The summed E-state index contributed by atoms with van der Waals surface area (Å²) in [6.45, 7) is 2.12. The number of pyridine rings is 1. The maximum absolute atomic E-state index is 12.4. The van der Waals surface area contributed by atoms with Gasteiger partial charge in [0.1, 0.15) is 0 Å². The van der Waals surface area contributed by atoms with Crippen molar-refractivity contribution in [2.24, 2.45) is 0 Å². The van der Waals surface area contributed by atoms with Crippen LogP contribution in [0.2, 0.25) is 0 Å². The zero-order valence-corrected chi connectivity index (χ0v) is 16.2. The molecule has 0 aliphatic carbocycles. The average Bonchev–Trinajstić information content (AvgIpc) is 3.22. The van der Waals surface area contributed by atoms with E-state index in [0.717, 1.165) is 22.9 Å². The van der Waals surface area contributed by atoms with Crippen LogP contribution >= 0.6 is 11.8 Å². The van der Waals surface area contributed by atoms with Crippen molar-refractivity contribution in [3.8, 4) is 11.4 Å². The van der Waals surface area contributed by atoms with E-state index in [1.54, 1.807) is 6.20 Å². The molecule has 4 rings (SSSR count). The molecule has 28 heavy (non-hydrogen) atoms. The van der Waals surface area contributed by atoms with Gasteiger partial charge in [0.2, 0.25) is 5.91 Å². The lowest BCUT2D eigenvalue weighted by atomic mass is 10.1. The lowest BCUT2D eigenvalue weighted by molar-refractivity contribution is -0.113. The summed E-state index contributed by atoms with van der Waals surface area (Å²) in [6, 6.07) is 17.8. The first kappa shape index (κ1) is 18.2. The summed E-state index contributed by atoms with van der Waals surface area (Å²) in [7, 11) is 0. The Morgan fingerprint density at radius 2 is 1.89 bits per heavy atom. The minimum atomic E-state index is -0.117. The zero-order chi connectivity index (χ0) is 19.3. The number of rotatable bonds is 6. The zero-order valence-electron chi connectivity index (χ0n) is 15.3. The highest BCUT2D eigenvalue weighted by Gasteiger charge is 2.10. The number of hydrogen-bond acceptors (Lipinski definition) is 5. The monoisotopic (exact) mass is 389 g/mol. The molecule has 1 amide bonds. The number of para-hydroxylation sites is 1. The fraction of sp³-hybridized carbons (Fsp3) is 0.143. The van der Waals surface area contributed by atoms with E-state index in [-0.39, 0.29) is 11.7 Å². The molecular formula is C21H19N5OS. The van der Waals surface area contributed by atoms with Crippen LogP contribution in [0.1, 0.15) is 12.5 Å². The summed E-state index contributed by atoms with van der Waals surface area (Å²) in [5, 5.41) is 12.8. The fourth-order valence-corrected chi connectivity index (χ4v) is 3.47. The molecule has 2 heterocycles. The molecule has 0 unspecified atom stereocenters. The molecule has 0 bridgehead atoms. The molecule has 0 radical (unpaired) electrons. The Bertz CT molecular complexity index is 1100. The topological polar surface area (TPSA) is 83.6 Å². The highest BCUT2D eigenvalue weighted by molar-refractivity contribution is 7.99. The smallest absolute Gasteiger partial charge is 0.234 e. The summed E-state index contributed by atoms with van der Waals surface area (Å²) in [5.41, 5.74) is 3.74. The Hall–Kier alpha value is -3.19. The quantitative estimate of drug-likeness (QED) is 0.480. The number of aromatic amines is 1. The molecular weight excluding hydrogens is 370 g/mol. The van der Waals surface area contributed by atoms with Crippen LogP contribution in [0.3, 0.4) is 0 Å². The van der Waals surface area contributed by atoms with Crippen LogP contribution in [0.4, 0.5) is 5.69 Å². The minimum Gasteiger partial charge on any atom is -0.323 e. The van der Waals surface area contributed by atoms with Crippen molar-refractivity contribution in [1.82, 2.24) is 20.2 Å². The second-order valence-corrected chi connectivity index (χ2v) is 7.21. The van der Waals surface area contributed by atoms with Gasteiger partial charge in [0.15, 0.2) is 11.0 Å².